The van der Waals surface area contributed by atoms with E-state index in [1.54, 1.807) is 0 Å². The van der Waals surface area contributed by atoms with Crippen molar-refractivity contribution in [2.75, 3.05) is 6.54 Å². The van der Waals surface area contributed by atoms with Crippen molar-refractivity contribution in [1.82, 2.24) is 5.32 Å². The molecule has 1 heterocycles. The number of thiophene rings is 1. The zero-order valence-electron chi connectivity index (χ0n) is 11.0. The van der Waals surface area contributed by atoms with Crippen LogP contribution in [0.1, 0.15) is 34.7 Å². The van der Waals surface area contributed by atoms with E-state index in [0.29, 0.717) is 0 Å². The molecule has 0 aliphatic carbocycles. The van der Waals surface area contributed by atoms with Gasteiger partial charge in [-0.25, -0.2) is 0 Å². The van der Waals surface area contributed by atoms with Crippen LogP contribution in [0, 0.1) is 6.92 Å². The van der Waals surface area contributed by atoms with Crippen LogP contribution in [-0.2, 0) is 0 Å². The second-order valence-corrected chi connectivity index (χ2v) is 7.57. The van der Waals surface area contributed by atoms with Gasteiger partial charge in [0.2, 0.25) is 0 Å². The summed E-state index contributed by atoms with van der Waals surface area (Å²) in [5, 5.41) is 3.64. The van der Waals surface area contributed by atoms with Gasteiger partial charge in [-0.2, -0.15) is 0 Å². The van der Waals surface area contributed by atoms with Gasteiger partial charge in [0.05, 0.1) is 6.04 Å². The molecule has 0 saturated heterocycles. The van der Waals surface area contributed by atoms with Crippen LogP contribution in [0.5, 0.6) is 0 Å². The van der Waals surface area contributed by atoms with Crippen molar-refractivity contribution in [2.24, 2.45) is 0 Å². The summed E-state index contributed by atoms with van der Waals surface area (Å²) >= 11 is 9.09. The van der Waals surface area contributed by atoms with Crippen LogP contribution in [0.4, 0.5) is 0 Å². The Morgan fingerprint density at radius 3 is 2.63 bits per heavy atom. The van der Waals surface area contributed by atoms with Gasteiger partial charge in [-0.05, 0) is 59.6 Å². The smallest absolute Gasteiger partial charge is 0.0682 e. The normalized spacial score (nSPS) is 12.6. The lowest BCUT2D eigenvalue weighted by Gasteiger charge is -2.18. The van der Waals surface area contributed by atoms with Crippen molar-refractivity contribution >= 4 is 43.2 Å². The van der Waals surface area contributed by atoms with Crippen molar-refractivity contribution < 1.29 is 0 Å². The Balaban J connectivity index is 2.38. The first kappa shape index (κ1) is 15.2. The molecule has 1 atom stereocenters. The first-order valence-electron chi connectivity index (χ1n) is 6.36. The van der Waals surface area contributed by atoms with Gasteiger partial charge in [-0.1, -0.05) is 35.0 Å². The number of hydrogen-bond donors (Lipinski definition) is 1. The van der Waals surface area contributed by atoms with Gasteiger partial charge in [-0.15, -0.1) is 11.3 Å². The Hall–Kier alpha value is -0.160. The van der Waals surface area contributed by atoms with Crippen LogP contribution >= 0.6 is 43.2 Å². The largest absolute Gasteiger partial charge is 0.306 e. The molecule has 0 fully saturated rings. The van der Waals surface area contributed by atoms with Crippen molar-refractivity contribution in [3.8, 4) is 0 Å². The van der Waals surface area contributed by atoms with E-state index >= 15 is 0 Å². The average molecular weight is 403 g/mol. The average Bonchev–Trinajstić information content (AvgIpc) is 2.69. The standard InChI is InChI=1S/C15H17Br2NS/c1-3-7-18-14(11-5-4-6-12(16)9-11)15-13(17)8-10(2)19-15/h4-6,8-9,14,18H,3,7H2,1-2H3. The van der Waals surface area contributed by atoms with Crippen molar-refractivity contribution in [1.29, 1.82) is 0 Å². The van der Waals surface area contributed by atoms with Gasteiger partial charge >= 0.3 is 0 Å². The molecular weight excluding hydrogens is 386 g/mol. The SMILES string of the molecule is CCCNC(c1cccc(Br)c1)c1sc(C)cc1Br. The Labute approximate surface area is 135 Å². The molecule has 1 aromatic heterocycles. The highest BCUT2D eigenvalue weighted by Gasteiger charge is 2.18. The second-order valence-electron chi connectivity index (χ2n) is 4.51. The van der Waals surface area contributed by atoms with E-state index in [9.17, 15) is 0 Å². The molecular formula is C15H17Br2NS. The molecule has 0 aliphatic rings. The molecule has 2 aromatic rings. The van der Waals surface area contributed by atoms with Gasteiger partial charge < -0.3 is 5.32 Å². The molecule has 1 unspecified atom stereocenters. The number of rotatable bonds is 5. The van der Waals surface area contributed by atoms with E-state index in [2.05, 4.69) is 81.4 Å². The molecule has 0 spiro atoms. The number of hydrogen-bond acceptors (Lipinski definition) is 2. The second kappa shape index (κ2) is 7.02. The highest BCUT2D eigenvalue weighted by Crippen LogP contribution is 2.36. The minimum Gasteiger partial charge on any atom is -0.306 e. The molecule has 0 bridgehead atoms. The zero-order valence-corrected chi connectivity index (χ0v) is 15.0. The molecule has 19 heavy (non-hydrogen) atoms. The fourth-order valence-corrected chi connectivity index (χ4v) is 4.44. The molecule has 2 rings (SSSR count). The third kappa shape index (κ3) is 3.91. The van der Waals surface area contributed by atoms with Crippen LogP contribution in [0.25, 0.3) is 0 Å². The molecule has 1 nitrogen and oxygen atoms in total. The minimum atomic E-state index is 0.255. The van der Waals surface area contributed by atoms with Crippen LogP contribution in [0.3, 0.4) is 0 Å². The van der Waals surface area contributed by atoms with Crippen LogP contribution in [-0.4, -0.2) is 6.54 Å². The third-order valence-corrected chi connectivity index (χ3v) is 5.41. The van der Waals surface area contributed by atoms with Crippen LogP contribution < -0.4 is 5.32 Å². The van der Waals surface area contributed by atoms with E-state index in [0.717, 1.165) is 17.4 Å². The topological polar surface area (TPSA) is 12.0 Å². The van der Waals surface area contributed by atoms with E-state index in [1.165, 1.54) is 19.8 Å². The Kier molecular flexibility index (Phi) is 5.63. The van der Waals surface area contributed by atoms with Crippen molar-refractivity contribution in [2.45, 2.75) is 26.3 Å². The molecule has 102 valence electrons. The summed E-state index contributed by atoms with van der Waals surface area (Å²) in [4.78, 5) is 2.68. The Bertz CT molecular complexity index is 551. The lowest BCUT2D eigenvalue weighted by atomic mass is 10.1. The zero-order chi connectivity index (χ0) is 13.8. The molecule has 1 aromatic carbocycles. The fraction of sp³-hybridized carbons (Fsp3) is 0.333. The van der Waals surface area contributed by atoms with Gasteiger partial charge in [-0.3, -0.25) is 0 Å². The summed E-state index contributed by atoms with van der Waals surface area (Å²) in [6, 6.07) is 11.0. The number of nitrogens with one attached hydrogen (secondary N) is 1. The summed E-state index contributed by atoms with van der Waals surface area (Å²) in [6.07, 6.45) is 1.13. The first-order chi connectivity index (χ1) is 9.11. The van der Waals surface area contributed by atoms with Crippen molar-refractivity contribution in [3.63, 3.8) is 0 Å². The molecule has 0 amide bonds. The molecule has 4 heteroatoms. The summed E-state index contributed by atoms with van der Waals surface area (Å²) in [6.45, 7) is 5.36. The van der Waals surface area contributed by atoms with E-state index in [1.807, 2.05) is 11.3 Å². The predicted molar refractivity (Wildman–Crippen MR) is 91.0 cm³/mol. The van der Waals surface area contributed by atoms with E-state index in [4.69, 9.17) is 0 Å². The highest BCUT2D eigenvalue weighted by molar-refractivity contribution is 9.10. The molecule has 1 N–H and O–H groups in total. The monoisotopic (exact) mass is 401 g/mol. The fourth-order valence-electron chi connectivity index (χ4n) is 2.03. The quantitative estimate of drug-likeness (QED) is 0.679. The number of benzene rings is 1. The molecule has 0 saturated carbocycles. The molecule has 0 aliphatic heterocycles. The lowest BCUT2D eigenvalue weighted by Crippen LogP contribution is -2.22. The first-order valence-corrected chi connectivity index (χ1v) is 8.76. The summed E-state index contributed by atoms with van der Waals surface area (Å²) in [5.41, 5.74) is 1.30. The van der Waals surface area contributed by atoms with Gasteiger partial charge in [0.1, 0.15) is 0 Å². The summed E-state index contributed by atoms with van der Waals surface area (Å²) in [7, 11) is 0. The van der Waals surface area contributed by atoms with Crippen LogP contribution in [0.15, 0.2) is 39.3 Å². The summed E-state index contributed by atoms with van der Waals surface area (Å²) < 4.78 is 2.32. The maximum absolute atomic E-state index is 3.68. The van der Waals surface area contributed by atoms with Gasteiger partial charge in [0.25, 0.3) is 0 Å². The summed E-state index contributed by atoms with van der Waals surface area (Å²) in [5.74, 6) is 0. The van der Waals surface area contributed by atoms with E-state index < -0.39 is 0 Å². The maximum atomic E-state index is 3.68. The molecule has 0 radical (unpaired) electrons. The van der Waals surface area contributed by atoms with Crippen LogP contribution in [0.2, 0.25) is 0 Å². The van der Waals surface area contributed by atoms with Gasteiger partial charge in [0.15, 0.2) is 0 Å². The highest BCUT2D eigenvalue weighted by atomic mass is 79.9. The Morgan fingerprint density at radius 1 is 1.26 bits per heavy atom. The van der Waals surface area contributed by atoms with Gasteiger partial charge in [0, 0.05) is 18.7 Å². The van der Waals surface area contributed by atoms with E-state index in [-0.39, 0.29) is 6.04 Å². The number of aryl methyl sites for hydroxylation is 1. The Morgan fingerprint density at radius 2 is 2.05 bits per heavy atom. The third-order valence-electron chi connectivity index (χ3n) is 2.88. The minimum absolute atomic E-state index is 0.255. The predicted octanol–water partition coefficient (Wildman–Crippen LogP) is 5.67. The number of halogens is 2. The van der Waals surface area contributed by atoms with Crippen molar-refractivity contribution in [3.05, 3.63) is 54.6 Å². The maximum Gasteiger partial charge on any atom is 0.0682 e. The lowest BCUT2D eigenvalue weighted by molar-refractivity contribution is 0.604.